The van der Waals surface area contributed by atoms with Crippen LogP contribution in [-0.4, -0.2) is 41.7 Å². The molecule has 0 unspecified atom stereocenters. The van der Waals surface area contributed by atoms with Gasteiger partial charge in [0.1, 0.15) is 0 Å². The lowest BCUT2D eigenvalue weighted by Crippen LogP contribution is -2.28. The summed E-state index contributed by atoms with van der Waals surface area (Å²) in [4.78, 5) is 17.0. The molecular weight excluding hydrogens is 368 g/mol. The molecule has 0 atom stereocenters. The summed E-state index contributed by atoms with van der Waals surface area (Å²) < 4.78 is 26.4. The molecule has 26 heavy (non-hydrogen) atoms. The summed E-state index contributed by atoms with van der Waals surface area (Å²) in [5, 5.41) is 0. The molecule has 1 aromatic heterocycles. The highest BCUT2D eigenvalue weighted by molar-refractivity contribution is 7.99. The quantitative estimate of drug-likeness (QED) is 0.609. The van der Waals surface area contributed by atoms with Crippen LogP contribution in [0, 0.1) is 5.92 Å². The molecule has 1 amide bonds. The Morgan fingerprint density at radius 2 is 1.88 bits per heavy atom. The second kappa shape index (κ2) is 9.73. The van der Waals surface area contributed by atoms with Crippen molar-refractivity contribution >= 4 is 27.7 Å². The molecule has 0 bridgehead atoms. The Hall–Kier alpha value is -1.86. The Balaban J connectivity index is 2.01. The van der Waals surface area contributed by atoms with Crippen molar-refractivity contribution < 1.29 is 13.2 Å². The summed E-state index contributed by atoms with van der Waals surface area (Å²) in [6.45, 7) is 4.76. The third kappa shape index (κ3) is 6.14. The SMILES string of the molecule is CC(C)CCN(SCCS(=O)(=O)c1ccccc1)C(=O)c1cccnc1. The fourth-order valence-corrected chi connectivity index (χ4v) is 4.90. The van der Waals surface area contributed by atoms with E-state index in [9.17, 15) is 13.2 Å². The topological polar surface area (TPSA) is 67.3 Å². The van der Waals surface area contributed by atoms with E-state index in [0.29, 0.717) is 28.7 Å². The maximum atomic E-state index is 12.7. The molecule has 7 heteroatoms. The first-order valence-corrected chi connectivity index (χ1v) is 11.1. The molecule has 0 aliphatic rings. The Bertz CT molecular complexity index is 794. The van der Waals surface area contributed by atoms with E-state index in [2.05, 4.69) is 18.8 Å². The molecule has 2 rings (SSSR count). The van der Waals surface area contributed by atoms with Gasteiger partial charge in [-0.2, -0.15) is 0 Å². The van der Waals surface area contributed by atoms with E-state index < -0.39 is 9.84 Å². The van der Waals surface area contributed by atoms with Crippen molar-refractivity contribution in [3.63, 3.8) is 0 Å². The number of nitrogens with zero attached hydrogens (tertiary/aromatic N) is 2. The van der Waals surface area contributed by atoms with Crippen molar-refractivity contribution in [1.82, 2.24) is 9.29 Å². The van der Waals surface area contributed by atoms with Crippen LogP contribution < -0.4 is 0 Å². The molecular formula is C19H24N2O3S2. The van der Waals surface area contributed by atoms with Crippen LogP contribution >= 0.6 is 11.9 Å². The molecule has 2 aromatic rings. The molecule has 0 aliphatic carbocycles. The van der Waals surface area contributed by atoms with Gasteiger partial charge >= 0.3 is 0 Å². The summed E-state index contributed by atoms with van der Waals surface area (Å²) in [6.07, 6.45) is 4.01. The fourth-order valence-electron chi connectivity index (χ4n) is 2.24. The smallest absolute Gasteiger partial charge is 0.265 e. The van der Waals surface area contributed by atoms with Crippen molar-refractivity contribution in [3.8, 4) is 0 Å². The third-order valence-electron chi connectivity index (χ3n) is 3.75. The van der Waals surface area contributed by atoms with E-state index in [1.807, 2.05) is 0 Å². The normalized spacial score (nSPS) is 11.5. The minimum absolute atomic E-state index is 0.0137. The van der Waals surface area contributed by atoms with Crippen molar-refractivity contribution in [2.45, 2.75) is 25.2 Å². The van der Waals surface area contributed by atoms with Gasteiger partial charge in [0.2, 0.25) is 0 Å². The van der Waals surface area contributed by atoms with E-state index in [-0.39, 0.29) is 11.7 Å². The number of carbonyl (C=O) groups is 1. The van der Waals surface area contributed by atoms with Gasteiger partial charge in [0.15, 0.2) is 9.84 Å². The van der Waals surface area contributed by atoms with Crippen LogP contribution in [0.3, 0.4) is 0 Å². The average molecular weight is 393 g/mol. The Morgan fingerprint density at radius 1 is 1.15 bits per heavy atom. The van der Waals surface area contributed by atoms with Crippen LogP contribution in [-0.2, 0) is 9.84 Å². The highest BCUT2D eigenvalue weighted by Crippen LogP contribution is 2.19. The lowest BCUT2D eigenvalue weighted by atomic mass is 10.1. The lowest BCUT2D eigenvalue weighted by molar-refractivity contribution is 0.0868. The minimum atomic E-state index is -3.35. The standard InChI is InChI=1S/C19H24N2O3S2/c1-16(2)10-12-21(19(22)17-7-6-11-20-15-17)25-13-14-26(23,24)18-8-4-3-5-9-18/h3-9,11,15-16H,10,12-14H2,1-2H3. The van der Waals surface area contributed by atoms with E-state index in [1.54, 1.807) is 53.0 Å². The van der Waals surface area contributed by atoms with Gasteiger partial charge in [-0.05, 0) is 48.6 Å². The number of benzene rings is 1. The summed E-state index contributed by atoms with van der Waals surface area (Å²) in [7, 11) is -3.35. The highest BCUT2D eigenvalue weighted by Gasteiger charge is 2.19. The van der Waals surface area contributed by atoms with Gasteiger partial charge in [0.05, 0.1) is 16.2 Å². The second-order valence-electron chi connectivity index (χ2n) is 6.30. The number of aromatic nitrogens is 1. The largest absolute Gasteiger partial charge is 0.282 e. The highest BCUT2D eigenvalue weighted by atomic mass is 32.2. The molecule has 0 spiro atoms. The number of sulfone groups is 1. The van der Waals surface area contributed by atoms with Crippen LogP contribution in [0.25, 0.3) is 0 Å². The maximum Gasteiger partial charge on any atom is 0.265 e. The number of pyridine rings is 1. The van der Waals surface area contributed by atoms with Crippen molar-refractivity contribution in [2.75, 3.05) is 18.1 Å². The predicted octanol–water partition coefficient (Wildman–Crippen LogP) is 3.69. The third-order valence-corrected chi connectivity index (χ3v) is 6.78. The van der Waals surface area contributed by atoms with Gasteiger partial charge in [0, 0.05) is 24.7 Å². The maximum absolute atomic E-state index is 12.7. The van der Waals surface area contributed by atoms with E-state index in [1.165, 1.54) is 18.1 Å². The van der Waals surface area contributed by atoms with Crippen LogP contribution in [0.5, 0.6) is 0 Å². The number of hydrogen-bond donors (Lipinski definition) is 0. The van der Waals surface area contributed by atoms with Gasteiger partial charge in [-0.1, -0.05) is 32.0 Å². The Kier molecular flexibility index (Phi) is 7.66. The van der Waals surface area contributed by atoms with Crippen molar-refractivity contribution in [3.05, 3.63) is 60.4 Å². The molecule has 0 saturated heterocycles. The van der Waals surface area contributed by atoms with Gasteiger partial charge in [-0.25, -0.2) is 8.42 Å². The van der Waals surface area contributed by atoms with Gasteiger partial charge in [0.25, 0.3) is 5.91 Å². The molecule has 0 radical (unpaired) electrons. The van der Waals surface area contributed by atoms with Crippen LogP contribution in [0.4, 0.5) is 0 Å². The molecule has 0 aliphatic heterocycles. The first-order chi connectivity index (χ1) is 12.4. The molecule has 0 saturated carbocycles. The zero-order valence-corrected chi connectivity index (χ0v) is 16.7. The molecule has 1 aromatic carbocycles. The average Bonchev–Trinajstić information content (AvgIpc) is 2.65. The summed E-state index contributed by atoms with van der Waals surface area (Å²) >= 11 is 1.26. The Morgan fingerprint density at radius 3 is 2.50 bits per heavy atom. The first kappa shape index (κ1) is 20.5. The lowest BCUT2D eigenvalue weighted by Gasteiger charge is -2.22. The van der Waals surface area contributed by atoms with E-state index in [0.717, 1.165) is 6.42 Å². The number of amides is 1. The van der Waals surface area contributed by atoms with Gasteiger partial charge in [-0.3, -0.25) is 14.1 Å². The van der Waals surface area contributed by atoms with Crippen LogP contribution in [0.2, 0.25) is 0 Å². The number of carbonyl (C=O) groups excluding carboxylic acids is 1. The molecule has 1 heterocycles. The summed E-state index contributed by atoms with van der Waals surface area (Å²) in [5.41, 5.74) is 0.509. The van der Waals surface area contributed by atoms with Crippen LogP contribution in [0.1, 0.15) is 30.6 Å². The molecule has 140 valence electrons. The number of hydrogen-bond acceptors (Lipinski definition) is 5. The predicted molar refractivity (Wildman–Crippen MR) is 106 cm³/mol. The minimum Gasteiger partial charge on any atom is -0.282 e. The van der Waals surface area contributed by atoms with Gasteiger partial charge in [-0.15, -0.1) is 0 Å². The second-order valence-corrected chi connectivity index (χ2v) is 9.51. The fraction of sp³-hybridized carbons (Fsp3) is 0.368. The van der Waals surface area contributed by atoms with Gasteiger partial charge < -0.3 is 0 Å². The molecule has 0 fully saturated rings. The van der Waals surface area contributed by atoms with E-state index in [4.69, 9.17) is 0 Å². The first-order valence-electron chi connectivity index (χ1n) is 8.53. The zero-order valence-electron chi connectivity index (χ0n) is 15.0. The van der Waals surface area contributed by atoms with Crippen molar-refractivity contribution in [2.24, 2.45) is 5.92 Å². The van der Waals surface area contributed by atoms with Crippen LogP contribution in [0.15, 0.2) is 59.8 Å². The number of rotatable bonds is 9. The van der Waals surface area contributed by atoms with Crippen molar-refractivity contribution in [1.29, 1.82) is 0 Å². The summed E-state index contributed by atoms with van der Waals surface area (Å²) in [6, 6.07) is 11.8. The monoisotopic (exact) mass is 392 g/mol. The zero-order chi connectivity index (χ0) is 19.0. The Labute approximate surface area is 159 Å². The summed E-state index contributed by atoms with van der Waals surface area (Å²) in [5.74, 6) is 0.621. The molecule has 5 nitrogen and oxygen atoms in total. The van der Waals surface area contributed by atoms with E-state index >= 15 is 0 Å². The molecule has 0 N–H and O–H groups in total.